The maximum atomic E-state index is 4.57. The molecule has 3 aromatic rings. The lowest BCUT2D eigenvalue weighted by molar-refractivity contribution is 0.801. The van der Waals surface area contributed by atoms with Crippen molar-refractivity contribution in [2.75, 3.05) is 11.9 Å². The standard InChI is InChI=1S/C12H15N7/c1-4-13-10-7-18-6-5-14-11(18)12(16-10)19-9(3)15-8(2)17-19/h5-7,13H,4H2,1-3H3. The summed E-state index contributed by atoms with van der Waals surface area (Å²) in [6, 6.07) is 0. The van der Waals surface area contributed by atoms with Gasteiger partial charge in [0.2, 0.25) is 5.82 Å². The Morgan fingerprint density at radius 2 is 2.11 bits per heavy atom. The van der Waals surface area contributed by atoms with Gasteiger partial charge in [0.1, 0.15) is 17.5 Å². The molecule has 0 radical (unpaired) electrons. The highest BCUT2D eigenvalue weighted by molar-refractivity contribution is 5.58. The van der Waals surface area contributed by atoms with Gasteiger partial charge in [-0.1, -0.05) is 0 Å². The summed E-state index contributed by atoms with van der Waals surface area (Å²) < 4.78 is 3.65. The summed E-state index contributed by atoms with van der Waals surface area (Å²) in [6.07, 6.45) is 5.55. The third-order valence-corrected chi connectivity index (χ3v) is 2.79. The van der Waals surface area contributed by atoms with Crippen LogP contribution in [0.25, 0.3) is 11.5 Å². The molecule has 0 aliphatic carbocycles. The number of anilines is 1. The molecule has 19 heavy (non-hydrogen) atoms. The third-order valence-electron chi connectivity index (χ3n) is 2.79. The lowest BCUT2D eigenvalue weighted by atomic mass is 10.5. The van der Waals surface area contributed by atoms with Crippen molar-refractivity contribution in [3.05, 3.63) is 30.2 Å². The number of rotatable bonds is 3. The Morgan fingerprint density at radius 1 is 1.26 bits per heavy atom. The van der Waals surface area contributed by atoms with Crippen LogP contribution < -0.4 is 5.32 Å². The molecule has 3 heterocycles. The van der Waals surface area contributed by atoms with Crippen molar-refractivity contribution in [1.29, 1.82) is 0 Å². The number of aryl methyl sites for hydroxylation is 2. The van der Waals surface area contributed by atoms with Crippen LogP contribution >= 0.6 is 0 Å². The van der Waals surface area contributed by atoms with E-state index in [9.17, 15) is 0 Å². The number of nitrogens with zero attached hydrogens (tertiary/aromatic N) is 6. The van der Waals surface area contributed by atoms with Gasteiger partial charge in [0.05, 0.1) is 6.20 Å². The average Bonchev–Trinajstić information content (AvgIpc) is 2.95. The highest BCUT2D eigenvalue weighted by Crippen LogP contribution is 2.16. The van der Waals surface area contributed by atoms with Gasteiger partial charge in [-0.05, 0) is 20.8 Å². The van der Waals surface area contributed by atoms with E-state index >= 15 is 0 Å². The van der Waals surface area contributed by atoms with Crippen molar-refractivity contribution in [2.45, 2.75) is 20.8 Å². The van der Waals surface area contributed by atoms with E-state index in [1.54, 1.807) is 10.9 Å². The molecule has 3 aromatic heterocycles. The Hall–Kier alpha value is -2.44. The molecule has 0 saturated carbocycles. The fourth-order valence-corrected chi connectivity index (χ4v) is 2.05. The molecule has 0 aliphatic heterocycles. The highest BCUT2D eigenvalue weighted by atomic mass is 15.4. The summed E-state index contributed by atoms with van der Waals surface area (Å²) in [4.78, 5) is 13.2. The molecule has 1 N–H and O–H groups in total. The SMILES string of the molecule is CCNc1cn2ccnc2c(-n2nc(C)nc2C)n1. The molecule has 7 heteroatoms. The maximum Gasteiger partial charge on any atom is 0.201 e. The Morgan fingerprint density at radius 3 is 2.79 bits per heavy atom. The number of fused-ring (bicyclic) bond motifs is 1. The van der Waals surface area contributed by atoms with Crippen molar-refractivity contribution < 1.29 is 0 Å². The summed E-state index contributed by atoms with van der Waals surface area (Å²) in [7, 11) is 0. The first-order valence-corrected chi connectivity index (χ1v) is 6.17. The number of hydrogen-bond acceptors (Lipinski definition) is 5. The van der Waals surface area contributed by atoms with E-state index in [1.165, 1.54) is 0 Å². The van der Waals surface area contributed by atoms with Crippen molar-refractivity contribution in [1.82, 2.24) is 29.1 Å². The minimum atomic E-state index is 0.682. The molecule has 0 aliphatic rings. The van der Waals surface area contributed by atoms with E-state index in [0.29, 0.717) is 5.82 Å². The monoisotopic (exact) mass is 257 g/mol. The van der Waals surface area contributed by atoms with Crippen LogP contribution in [0.1, 0.15) is 18.6 Å². The minimum Gasteiger partial charge on any atom is -0.369 e. The summed E-state index contributed by atoms with van der Waals surface area (Å²) in [6.45, 7) is 6.60. The lowest BCUT2D eigenvalue weighted by Crippen LogP contribution is -2.09. The van der Waals surface area contributed by atoms with Gasteiger partial charge in [-0.2, -0.15) is 4.68 Å². The normalized spacial score (nSPS) is 11.1. The molecule has 0 spiro atoms. The van der Waals surface area contributed by atoms with Crippen molar-refractivity contribution in [3.63, 3.8) is 0 Å². The molecule has 0 fully saturated rings. The van der Waals surface area contributed by atoms with E-state index in [2.05, 4.69) is 25.4 Å². The molecular formula is C12H15N7. The van der Waals surface area contributed by atoms with E-state index in [0.717, 1.165) is 29.7 Å². The van der Waals surface area contributed by atoms with Gasteiger partial charge in [0, 0.05) is 18.9 Å². The summed E-state index contributed by atoms with van der Waals surface area (Å²) in [5.41, 5.74) is 0.759. The van der Waals surface area contributed by atoms with Crippen LogP contribution in [-0.4, -0.2) is 35.7 Å². The first kappa shape index (κ1) is 11.6. The molecule has 0 bridgehead atoms. The third kappa shape index (κ3) is 1.92. The topological polar surface area (TPSA) is 72.9 Å². The molecule has 0 saturated heterocycles. The Balaban J connectivity index is 2.26. The predicted octanol–water partition coefficient (Wildman–Crippen LogP) is 1.36. The molecule has 0 unspecified atom stereocenters. The number of aromatic nitrogens is 6. The van der Waals surface area contributed by atoms with E-state index in [4.69, 9.17) is 0 Å². The molecule has 0 atom stereocenters. The Kier molecular flexibility index (Phi) is 2.66. The van der Waals surface area contributed by atoms with E-state index < -0.39 is 0 Å². The zero-order valence-corrected chi connectivity index (χ0v) is 11.1. The zero-order valence-electron chi connectivity index (χ0n) is 11.1. The van der Waals surface area contributed by atoms with Gasteiger partial charge in [-0.3, -0.25) is 0 Å². The lowest BCUT2D eigenvalue weighted by Gasteiger charge is -2.08. The average molecular weight is 257 g/mol. The fourth-order valence-electron chi connectivity index (χ4n) is 2.05. The molecular weight excluding hydrogens is 242 g/mol. The first-order chi connectivity index (χ1) is 9.19. The molecule has 7 nitrogen and oxygen atoms in total. The van der Waals surface area contributed by atoms with Crippen LogP contribution in [-0.2, 0) is 0 Å². The smallest absolute Gasteiger partial charge is 0.201 e. The van der Waals surface area contributed by atoms with Gasteiger partial charge in [-0.25, -0.2) is 15.0 Å². The van der Waals surface area contributed by atoms with Crippen LogP contribution in [0.2, 0.25) is 0 Å². The van der Waals surface area contributed by atoms with Crippen LogP contribution in [0.3, 0.4) is 0 Å². The second-order valence-electron chi connectivity index (χ2n) is 4.26. The van der Waals surface area contributed by atoms with Gasteiger partial charge < -0.3 is 9.72 Å². The van der Waals surface area contributed by atoms with Gasteiger partial charge >= 0.3 is 0 Å². The fraction of sp³-hybridized carbons (Fsp3) is 0.333. The van der Waals surface area contributed by atoms with Crippen LogP contribution in [0, 0.1) is 13.8 Å². The number of nitrogens with one attached hydrogen (secondary N) is 1. The highest BCUT2D eigenvalue weighted by Gasteiger charge is 2.13. The summed E-state index contributed by atoms with van der Waals surface area (Å²) in [5, 5.41) is 7.58. The van der Waals surface area contributed by atoms with Gasteiger partial charge in [0.25, 0.3) is 0 Å². The second-order valence-corrected chi connectivity index (χ2v) is 4.26. The second kappa shape index (κ2) is 4.34. The zero-order chi connectivity index (χ0) is 13.4. The van der Waals surface area contributed by atoms with Crippen molar-refractivity contribution >= 4 is 11.5 Å². The Bertz CT molecular complexity index is 725. The predicted molar refractivity (Wildman–Crippen MR) is 71.5 cm³/mol. The van der Waals surface area contributed by atoms with E-state index in [1.807, 2.05) is 37.6 Å². The van der Waals surface area contributed by atoms with Crippen LogP contribution in [0.15, 0.2) is 18.6 Å². The molecule has 0 amide bonds. The Labute approximate surface area is 110 Å². The number of imidazole rings is 1. The van der Waals surface area contributed by atoms with Gasteiger partial charge in [-0.15, -0.1) is 5.10 Å². The summed E-state index contributed by atoms with van der Waals surface area (Å²) in [5.74, 6) is 2.98. The van der Waals surface area contributed by atoms with Crippen LogP contribution in [0.5, 0.6) is 0 Å². The largest absolute Gasteiger partial charge is 0.369 e. The molecule has 3 rings (SSSR count). The van der Waals surface area contributed by atoms with E-state index in [-0.39, 0.29) is 0 Å². The maximum absolute atomic E-state index is 4.57. The first-order valence-electron chi connectivity index (χ1n) is 6.17. The minimum absolute atomic E-state index is 0.682. The summed E-state index contributed by atoms with van der Waals surface area (Å²) >= 11 is 0. The molecule has 0 aromatic carbocycles. The quantitative estimate of drug-likeness (QED) is 0.767. The number of hydrogen-bond donors (Lipinski definition) is 1. The van der Waals surface area contributed by atoms with Crippen molar-refractivity contribution in [2.24, 2.45) is 0 Å². The van der Waals surface area contributed by atoms with Crippen LogP contribution in [0.4, 0.5) is 5.82 Å². The molecule has 98 valence electrons. The van der Waals surface area contributed by atoms with Gasteiger partial charge in [0.15, 0.2) is 5.65 Å². The van der Waals surface area contributed by atoms with Crippen molar-refractivity contribution in [3.8, 4) is 5.82 Å².